The van der Waals surface area contributed by atoms with Crippen LogP contribution in [0, 0.1) is 16.0 Å². The van der Waals surface area contributed by atoms with Crippen LogP contribution in [-0.4, -0.2) is 28.5 Å². The number of nitro benzene ring substituents is 1. The van der Waals surface area contributed by atoms with Crippen LogP contribution in [0.3, 0.4) is 0 Å². The number of para-hydroxylation sites is 1. The Morgan fingerprint density at radius 1 is 1.18 bits per heavy atom. The van der Waals surface area contributed by atoms with Crippen molar-refractivity contribution in [2.45, 2.75) is 24.8 Å². The number of rotatable bonds is 7. The summed E-state index contributed by atoms with van der Waals surface area (Å²) in [5.41, 5.74) is 0.0978. The lowest BCUT2D eigenvalue weighted by Gasteiger charge is -2.18. The van der Waals surface area contributed by atoms with Crippen molar-refractivity contribution in [1.82, 2.24) is 19.8 Å². The maximum absolute atomic E-state index is 12.8. The molecule has 1 unspecified atom stereocenters. The molecule has 0 spiro atoms. The zero-order valence-electron chi connectivity index (χ0n) is 15.0. The SMILES string of the molecule is CC(C)C(NS(=O)(=O)c1ccccc1[N+](=O)[O-])c1nc(-c2cccnc2)no1. The second kappa shape index (κ2) is 7.82. The molecule has 2 aromatic heterocycles. The summed E-state index contributed by atoms with van der Waals surface area (Å²) >= 11 is 0. The Morgan fingerprint density at radius 2 is 1.93 bits per heavy atom. The van der Waals surface area contributed by atoms with Crippen LogP contribution in [0.4, 0.5) is 5.69 Å². The molecule has 3 aromatic rings. The van der Waals surface area contributed by atoms with Crippen molar-refractivity contribution in [2.75, 3.05) is 0 Å². The summed E-state index contributed by atoms with van der Waals surface area (Å²) in [6.45, 7) is 3.53. The fraction of sp³-hybridized carbons (Fsp3) is 0.235. The Morgan fingerprint density at radius 3 is 2.57 bits per heavy atom. The van der Waals surface area contributed by atoms with Gasteiger partial charge in [0.2, 0.25) is 21.7 Å². The van der Waals surface area contributed by atoms with E-state index in [1.54, 1.807) is 38.4 Å². The third-order valence-corrected chi connectivity index (χ3v) is 5.42. The molecule has 0 aliphatic carbocycles. The normalized spacial score (nSPS) is 12.8. The summed E-state index contributed by atoms with van der Waals surface area (Å²) in [6, 6.07) is 7.70. The third kappa shape index (κ3) is 4.05. The molecule has 0 bridgehead atoms. The molecule has 0 aliphatic heterocycles. The van der Waals surface area contributed by atoms with Gasteiger partial charge in [-0.3, -0.25) is 15.1 Å². The molecule has 0 saturated heterocycles. The van der Waals surface area contributed by atoms with Crippen LogP contribution < -0.4 is 4.72 Å². The largest absolute Gasteiger partial charge is 0.337 e. The number of nitrogens with one attached hydrogen (secondary N) is 1. The fourth-order valence-corrected chi connectivity index (χ4v) is 4.02. The van der Waals surface area contributed by atoms with E-state index in [2.05, 4.69) is 19.8 Å². The van der Waals surface area contributed by atoms with E-state index in [0.29, 0.717) is 5.56 Å². The van der Waals surface area contributed by atoms with E-state index in [0.717, 1.165) is 6.07 Å². The first-order valence-electron chi connectivity index (χ1n) is 8.29. The maximum atomic E-state index is 12.8. The van der Waals surface area contributed by atoms with Gasteiger partial charge in [0.05, 0.1) is 4.92 Å². The highest BCUT2D eigenvalue weighted by atomic mass is 32.2. The lowest BCUT2D eigenvalue weighted by atomic mass is 10.1. The zero-order valence-corrected chi connectivity index (χ0v) is 15.8. The van der Waals surface area contributed by atoms with Gasteiger partial charge < -0.3 is 4.52 Å². The Balaban J connectivity index is 1.94. The van der Waals surface area contributed by atoms with E-state index in [9.17, 15) is 18.5 Å². The summed E-state index contributed by atoms with van der Waals surface area (Å²) in [7, 11) is -4.22. The highest BCUT2D eigenvalue weighted by Crippen LogP contribution is 2.28. The van der Waals surface area contributed by atoms with Gasteiger partial charge in [-0.15, -0.1) is 0 Å². The van der Waals surface area contributed by atoms with Gasteiger partial charge in [0.15, 0.2) is 4.90 Å². The van der Waals surface area contributed by atoms with Crippen LogP contribution in [-0.2, 0) is 10.0 Å². The van der Waals surface area contributed by atoms with Gasteiger partial charge in [0.1, 0.15) is 6.04 Å². The lowest BCUT2D eigenvalue weighted by molar-refractivity contribution is -0.387. The van der Waals surface area contributed by atoms with Crippen LogP contribution in [0.2, 0.25) is 0 Å². The first-order valence-corrected chi connectivity index (χ1v) is 9.77. The van der Waals surface area contributed by atoms with E-state index in [1.807, 2.05) is 0 Å². The van der Waals surface area contributed by atoms with E-state index in [1.165, 1.54) is 18.2 Å². The van der Waals surface area contributed by atoms with Crippen LogP contribution in [0.1, 0.15) is 25.8 Å². The summed E-state index contributed by atoms with van der Waals surface area (Å²) in [5.74, 6) is 0.0504. The molecule has 0 fully saturated rings. The molecular formula is C17H17N5O5S. The molecule has 1 N–H and O–H groups in total. The molecule has 2 heterocycles. The summed E-state index contributed by atoms with van der Waals surface area (Å²) in [4.78, 5) is 18.2. The molecule has 10 nitrogen and oxygen atoms in total. The lowest BCUT2D eigenvalue weighted by Crippen LogP contribution is -2.32. The van der Waals surface area contributed by atoms with E-state index in [4.69, 9.17) is 4.52 Å². The van der Waals surface area contributed by atoms with E-state index < -0.39 is 31.6 Å². The molecule has 28 heavy (non-hydrogen) atoms. The zero-order chi connectivity index (χ0) is 20.3. The van der Waals surface area contributed by atoms with Gasteiger partial charge in [0.25, 0.3) is 5.69 Å². The van der Waals surface area contributed by atoms with Crippen molar-refractivity contribution in [1.29, 1.82) is 0 Å². The first-order chi connectivity index (χ1) is 13.3. The minimum atomic E-state index is -4.22. The standard InChI is InChI=1S/C17H17N5O5S/c1-11(2)15(17-19-16(20-27-17)12-6-5-9-18-10-12)21-28(25,26)14-8-4-3-7-13(14)22(23)24/h3-11,15,21H,1-2H3. The van der Waals surface area contributed by atoms with Gasteiger partial charge in [-0.25, -0.2) is 8.42 Å². The Kier molecular flexibility index (Phi) is 5.47. The molecule has 0 aliphatic rings. The average molecular weight is 403 g/mol. The molecule has 3 rings (SSSR count). The molecule has 146 valence electrons. The van der Waals surface area contributed by atoms with E-state index in [-0.39, 0.29) is 17.6 Å². The Hall–Kier alpha value is -3.18. The Labute approximate surface area is 160 Å². The van der Waals surface area contributed by atoms with Crippen LogP contribution in [0.15, 0.2) is 58.2 Å². The highest BCUT2D eigenvalue weighted by Gasteiger charge is 2.32. The summed E-state index contributed by atoms with van der Waals surface area (Å²) in [6.07, 6.45) is 3.15. The van der Waals surface area contributed by atoms with Crippen molar-refractivity contribution in [2.24, 2.45) is 5.92 Å². The smallest absolute Gasteiger partial charge is 0.289 e. The number of aromatic nitrogens is 3. The van der Waals surface area contributed by atoms with Gasteiger partial charge in [-0.2, -0.15) is 9.71 Å². The topological polar surface area (TPSA) is 141 Å². The number of benzene rings is 1. The second-order valence-corrected chi connectivity index (χ2v) is 7.95. The van der Waals surface area contributed by atoms with Crippen molar-refractivity contribution in [3.63, 3.8) is 0 Å². The maximum Gasteiger partial charge on any atom is 0.289 e. The van der Waals surface area contributed by atoms with Crippen molar-refractivity contribution < 1.29 is 17.9 Å². The average Bonchev–Trinajstić information content (AvgIpc) is 3.16. The molecular weight excluding hydrogens is 386 g/mol. The minimum absolute atomic E-state index is 0.0519. The van der Waals surface area contributed by atoms with Crippen molar-refractivity contribution >= 4 is 15.7 Å². The number of nitrogens with zero attached hydrogens (tertiary/aromatic N) is 4. The van der Waals surface area contributed by atoms with Crippen molar-refractivity contribution in [3.05, 3.63) is 64.8 Å². The van der Waals surface area contributed by atoms with Crippen molar-refractivity contribution in [3.8, 4) is 11.4 Å². The number of hydrogen-bond acceptors (Lipinski definition) is 8. The molecule has 0 amide bonds. The van der Waals surface area contributed by atoms with Gasteiger partial charge in [-0.1, -0.05) is 31.1 Å². The van der Waals surface area contributed by atoms with Gasteiger partial charge in [0, 0.05) is 24.0 Å². The number of pyridine rings is 1. The first kappa shape index (κ1) is 19.6. The fourth-order valence-electron chi connectivity index (χ4n) is 2.51. The van der Waals surface area contributed by atoms with Crippen LogP contribution in [0.25, 0.3) is 11.4 Å². The highest BCUT2D eigenvalue weighted by molar-refractivity contribution is 7.89. The summed E-state index contributed by atoms with van der Waals surface area (Å²) < 4.78 is 33.3. The Bertz CT molecular complexity index is 1080. The van der Waals surface area contributed by atoms with Crippen LogP contribution in [0.5, 0.6) is 0 Å². The quantitative estimate of drug-likeness (QED) is 0.469. The van der Waals surface area contributed by atoms with Gasteiger partial charge in [-0.05, 0) is 24.1 Å². The summed E-state index contributed by atoms with van der Waals surface area (Å²) in [5, 5.41) is 15.1. The number of sulfonamides is 1. The molecule has 0 saturated carbocycles. The third-order valence-electron chi connectivity index (χ3n) is 3.93. The van der Waals surface area contributed by atoms with Crippen LogP contribution >= 0.6 is 0 Å². The molecule has 0 radical (unpaired) electrons. The number of nitro groups is 1. The van der Waals surface area contributed by atoms with Gasteiger partial charge >= 0.3 is 0 Å². The minimum Gasteiger partial charge on any atom is -0.337 e. The van der Waals surface area contributed by atoms with E-state index >= 15 is 0 Å². The molecule has 1 aromatic carbocycles. The number of hydrogen-bond donors (Lipinski definition) is 1. The monoisotopic (exact) mass is 403 g/mol. The predicted octanol–water partition coefficient (Wildman–Crippen LogP) is 2.72. The molecule has 11 heteroatoms. The second-order valence-electron chi connectivity index (χ2n) is 6.27. The molecule has 1 atom stereocenters. The predicted molar refractivity (Wildman–Crippen MR) is 98.5 cm³/mol.